The number of aryl methyl sites for hydroxylation is 1. The summed E-state index contributed by atoms with van der Waals surface area (Å²) in [5.74, 6) is -0.241. The number of carbonyl (C=O) groups excluding carboxylic acids is 3. The Morgan fingerprint density at radius 1 is 1.18 bits per heavy atom. The maximum atomic E-state index is 14.3. The lowest BCUT2D eigenvalue weighted by Gasteiger charge is -2.43. The Labute approximate surface area is 239 Å². The van der Waals surface area contributed by atoms with Crippen LogP contribution in [0.5, 0.6) is 5.75 Å². The predicted molar refractivity (Wildman–Crippen MR) is 156 cm³/mol. The van der Waals surface area contributed by atoms with E-state index in [4.69, 9.17) is 16.3 Å². The number of thioether (sulfide) groups is 1. The number of phenols is 1. The van der Waals surface area contributed by atoms with Crippen molar-refractivity contribution in [2.24, 2.45) is 0 Å². The second-order valence-corrected chi connectivity index (χ2v) is 12.1. The van der Waals surface area contributed by atoms with Crippen molar-refractivity contribution in [3.8, 4) is 5.75 Å². The number of para-hydroxylation sites is 1. The van der Waals surface area contributed by atoms with E-state index in [1.54, 1.807) is 61.7 Å². The third kappa shape index (κ3) is 8.29. The lowest BCUT2D eigenvalue weighted by Crippen LogP contribution is -2.57. The van der Waals surface area contributed by atoms with Gasteiger partial charge in [0.25, 0.3) is 5.91 Å². The molecule has 1 saturated carbocycles. The molecule has 10 heteroatoms. The highest BCUT2D eigenvalue weighted by atomic mass is 35.5. The average Bonchev–Trinajstić information content (AvgIpc) is 2.81. The number of rotatable bonds is 10. The summed E-state index contributed by atoms with van der Waals surface area (Å²) in [5.41, 5.74) is 0.956. The van der Waals surface area contributed by atoms with E-state index in [9.17, 15) is 19.5 Å². The first kappa shape index (κ1) is 30.6. The number of anilines is 1. The maximum Gasteiger partial charge on any atom is 0.408 e. The number of carbonyl (C=O) groups is 3. The maximum absolute atomic E-state index is 14.3. The van der Waals surface area contributed by atoms with Gasteiger partial charge in [-0.15, -0.1) is 0 Å². The van der Waals surface area contributed by atoms with Crippen LogP contribution < -0.4 is 10.6 Å². The molecule has 0 heterocycles. The van der Waals surface area contributed by atoms with Crippen LogP contribution in [0.3, 0.4) is 0 Å². The smallest absolute Gasteiger partial charge is 0.408 e. The molecular weight excluding hydrogens is 538 g/mol. The molecule has 1 fully saturated rings. The van der Waals surface area contributed by atoms with Crippen LogP contribution in [-0.2, 0) is 14.3 Å². The number of amides is 3. The molecule has 39 heavy (non-hydrogen) atoms. The largest absolute Gasteiger partial charge is 0.508 e. The summed E-state index contributed by atoms with van der Waals surface area (Å²) in [5, 5.41) is 16.3. The molecule has 212 valence electrons. The van der Waals surface area contributed by atoms with Gasteiger partial charge in [-0.1, -0.05) is 35.9 Å². The van der Waals surface area contributed by atoms with Crippen molar-refractivity contribution < 1.29 is 24.2 Å². The van der Waals surface area contributed by atoms with E-state index in [1.807, 2.05) is 19.2 Å². The number of hydrogen-bond acceptors (Lipinski definition) is 6. The number of halogens is 1. The SMILES string of the molecule is CSCCC(NC(=O)OC(C)(C)C)C(=O)N(C1CCC1)C(C(=O)Nc1c(C)cccc1Cl)c1cccc(O)c1. The van der Waals surface area contributed by atoms with Crippen LogP contribution in [0.4, 0.5) is 10.5 Å². The van der Waals surface area contributed by atoms with Gasteiger partial charge in [-0.3, -0.25) is 9.59 Å². The average molecular weight is 576 g/mol. The molecule has 0 aromatic heterocycles. The molecule has 0 aliphatic heterocycles. The Kier molecular flexibility index (Phi) is 10.6. The summed E-state index contributed by atoms with van der Waals surface area (Å²) in [6.45, 7) is 7.10. The van der Waals surface area contributed by atoms with Gasteiger partial charge in [-0.05, 0) is 94.7 Å². The highest BCUT2D eigenvalue weighted by Gasteiger charge is 2.42. The summed E-state index contributed by atoms with van der Waals surface area (Å²) in [7, 11) is 0. The summed E-state index contributed by atoms with van der Waals surface area (Å²) in [4.78, 5) is 42.5. The van der Waals surface area contributed by atoms with Gasteiger partial charge in [0.2, 0.25) is 5.91 Å². The van der Waals surface area contributed by atoms with Gasteiger partial charge in [0.05, 0.1) is 10.7 Å². The molecule has 2 unspecified atom stereocenters. The van der Waals surface area contributed by atoms with Crippen molar-refractivity contribution in [1.29, 1.82) is 0 Å². The molecule has 8 nitrogen and oxygen atoms in total. The highest BCUT2D eigenvalue weighted by Crippen LogP contribution is 2.36. The normalized spacial score (nSPS) is 15.0. The number of aromatic hydroxyl groups is 1. The molecule has 3 amide bonds. The third-order valence-corrected chi connectivity index (χ3v) is 7.46. The van der Waals surface area contributed by atoms with E-state index < -0.39 is 29.7 Å². The highest BCUT2D eigenvalue weighted by molar-refractivity contribution is 7.98. The minimum absolute atomic E-state index is 0.0222. The van der Waals surface area contributed by atoms with Crippen molar-refractivity contribution in [3.63, 3.8) is 0 Å². The minimum atomic E-state index is -1.07. The Balaban J connectivity index is 2.04. The summed E-state index contributed by atoms with van der Waals surface area (Å²) >= 11 is 7.97. The van der Waals surface area contributed by atoms with E-state index in [0.717, 1.165) is 24.8 Å². The van der Waals surface area contributed by atoms with Crippen molar-refractivity contribution >= 4 is 47.0 Å². The van der Waals surface area contributed by atoms with Gasteiger partial charge in [-0.25, -0.2) is 4.79 Å². The predicted octanol–water partition coefficient (Wildman–Crippen LogP) is 6.06. The second-order valence-electron chi connectivity index (χ2n) is 10.7. The number of nitrogens with one attached hydrogen (secondary N) is 2. The van der Waals surface area contributed by atoms with Crippen LogP contribution in [-0.4, -0.2) is 57.6 Å². The zero-order valence-corrected chi connectivity index (χ0v) is 24.7. The Hall–Kier alpha value is -2.91. The summed E-state index contributed by atoms with van der Waals surface area (Å²) in [6, 6.07) is 9.49. The molecule has 0 spiro atoms. The van der Waals surface area contributed by atoms with Gasteiger partial charge in [0.1, 0.15) is 23.4 Å². The Morgan fingerprint density at radius 2 is 1.87 bits per heavy atom. The zero-order valence-electron chi connectivity index (χ0n) is 23.1. The summed E-state index contributed by atoms with van der Waals surface area (Å²) in [6.07, 6.45) is 3.96. The lowest BCUT2D eigenvalue weighted by atomic mass is 9.88. The molecular formula is C29H38ClN3O5S. The minimum Gasteiger partial charge on any atom is -0.508 e. The lowest BCUT2D eigenvalue weighted by molar-refractivity contribution is -0.145. The molecule has 0 saturated heterocycles. The Bertz CT molecular complexity index is 1160. The molecule has 2 aromatic rings. The van der Waals surface area contributed by atoms with Gasteiger partial charge in [0.15, 0.2) is 0 Å². The molecule has 1 aliphatic carbocycles. The molecule has 3 N–H and O–H groups in total. The first-order valence-corrected chi connectivity index (χ1v) is 14.8. The van der Waals surface area contributed by atoms with E-state index in [1.165, 1.54) is 12.1 Å². The van der Waals surface area contributed by atoms with E-state index >= 15 is 0 Å². The van der Waals surface area contributed by atoms with Crippen LogP contribution in [0.2, 0.25) is 5.02 Å². The number of ether oxygens (including phenoxy) is 1. The van der Waals surface area contributed by atoms with Gasteiger partial charge in [-0.2, -0.15) is 11.8 Å². The monoisotopic (exact) mass is 575 g/mol. The van der Waals surface area contributed by atoms with Crippen molar-refractivity contribution in [2.45, 2.75) is 77.1 Å². The fourth-order valence-electron chi connectivity index (χ4n) is 4.42. The van der Waals surface area contributed by atoms with Crippen molar-refractivity contribution in [3.05, 3.63) is 58.6 Å². The third-order valence-electron chi connectivity index (χ3n) is 6.50. The second kappa shape index (κ2) is 13.4. The molecule has 2 aromatic carbocycles. The van der Waals surface area contributed by atoms with Gasteiger partial charge in [0, 0.05) is 6.04 Å². The first-order chi connectivity index (χ1) is 18.4. The Morgan fingerprint density at radius 3 is 2.44 bits per heavy atom. The van der Waals surface area contributed by atoms with E-state index in [2.05, 4.69) is 10.6 Å². The first-order valence-electron chi connectivity index (χ1n) is 13.1. The zero-order chi connectivity index (χ0) is 28.7. The van der Waals surface area contributed by atoms with Crippen LogP contribution in [0.15, 0.2) is 42.5 Å². The van der Waals surface area contributed by atoms with Gasteiger partial charge < -0.3 is 25.4 Å². The van der Waals surface area contributed by atoms with E-state index in [-0.39, 0.29) is 17.7 Å². The fraction of sp³-hybridized carbons (Fsp3) is 0.483. The molecule has 3 rings (SSSR count). The number of benzene rings is 2. The van der Waals surface area contributed by atoms with Crippen molar-refractivity contribution in [2.75, 3.05) is 17.3 Å². The van der Waals surface area contributed by atoms with E-state index in [0.29, 0.717) is 28.4 Å². The fourth-order valence-corrected chi connectivity index (χ4v) is 5.16. The van der Waals surface area contributed by atoms with Gasteiger partial charge >= 0.3 is 6.09 Å². The van der Waals surface area contributed by atoms with Crippen LogP contribution >= 0.6 is 23.4 Å². The molecule has 0 bridgehead atoms. The van der Waals surface area contributed by atoms with Crippen LogP contribution in [0, 0.1) is 6.92 Å². The quantitative estimate of drug-likeness (QED) is 0.318. The number of alkyl carbamates (subject to hydrolysis) is 1. The number of phenolic OH excluding ortho intramolecular Hbond substituents is 1. The number of hydrogen-bond donors (Lipinski definition) is 3. The molecule has 0 radical (unpaired) electrons. The standard InChI is InChI=1S/C29H38ClN3O5S/c1-18-9-6-14-22(30)24(18)32-26(35)25(19-10-7-13-21(34)17-19)33(20-11-8-12-20)27(36)23(15-16-39-5)31-28(37)38-29(2,3)4/h6-7,9-10,13-14,17,20,23,25,34H,8,11-12,15-16H2,1-5H3,(H,31,37)(H,32,35). The molecule has 1 aliphatic rings. The number of nitrogens with zero attached hydrogens (tertiary/aromatic N) is 1. The van der Waals surface area contributed by atoms with Crippen LogP contribution in [0.25, 0.3) is 0 Å². The topological polar surface area (TPSA) is 108 Å². The van der Waals surface area contributed by atoms with Crippen LogP contribution in [0.1, 0.15) is 63.6 Å². The van der Waals surface area contributed by atoms with Crippen molar-refractivity contribution in [1.82, 2.24) is 10.2 Å². The molecule has 2 atom stereocenters. The summed E-state index contributed by atoms with van der Waals surface area (Å²) < 4.78 is 5.44.